The van der Waals surface area contributed by atoms with Crippen LogP contribution in [0.5, 0.6) is 11.5 Å². The molecule has 0 unspecified atom stereocenters. The SMILES string of the molecule is CCCc1ccc(OCCOc2ccc(Br)cc2)cc1. The zero-order valence-electron chi connectivity index (χ0n) is 11.6. The minimum atomic E-state index is 0.540. The second-order valence-electron chi connectivity index (χ2n) is 4.54. The summed E-state index contributed by atoms with van der Waals surface area (Å²) < 4.78 is 12.3. The van der Waals surface area contributed by atoms with E-state index in [9.17, 15) is 0 Å². The molecule has 0 heterocycles. The van der Waals surface area contributed by atoms with Crippen LogP contribution in [0.25, 0.3) is 0 Å². The van der Waals surface area contributed by atoms with Gasteiger partial charge >= 0.3 is 0 Å². The van der Waals surface area contributed by atoms with E-state index in [1.54, 1.807) is 0 Å². The van der Waals surface area contributed by atoms with E-state index in [1.165, 1.54) is 12.0 Å². The molecule has 0 atom stereocenters. The van der Waals surface area contributed by atoms with Crippen molar-refractivity contribution < 1.29 is 9.47 Å². The van der Waals surface area contributed by atoms with E-state index in [-0.39, 0.29) is 0 Å². The van der Waals surface area contributed by atoms with Crippen LogP contribution in [0.4, 0.5) is 0 Å². The maximum absolute atomic E-state index is 5.65. The summed E-state index contributed by atoms with van der Waals surface area (Å²) in [5, 5.41) is 0. The molecule has 0 aliphatic heterocycles. The molecule has 2 aromatic carbocycles. The minimum absolute atomic E-state index is 0.540. The highest BCUT2D eigenvalue weighted by molar-refractivity contribution is 9.10. The molecule has 0 spiro atoms. The smallest absolute Gasteiger partial charge is 0.122 e. The standard InChI is InChI=1S/C17H19BrO2/c1-2-3-14-4-8-16(9-5-14)19-12-13-20-17-10-6-15(18)7-11-17/h4-11H,2-3,12-13H2,1H3. The average molecular weight is 335 g/mol. The van der Waals surface area contributed by atoms with Crippen molar-refractivity contribution >= 4 is 15.9 Å². The third-order valence-corrected chi connectivity index (χ3v) is 3.43. The number of hydrogen-bond donors (Lipinski definition) is 0. The Morgan fingerprint density at radius 3 is 1.80 bits per heavy atom. The molecule has 0 saturated carbocycles. The number of halogens is 1. The average Bonchev–Trinajstić information content (AvgIpc) is 2.47. The largest absolute Gasteiger partial charge is 0.490 e. The van der Waals surface area contributed by atoms with E-state index in [1.807, 2.05) is 36.4 Å². The molecule has 3 heteroatoms. The Kier molecular flexibility index (Phi) is 5.93. The van der Waals surface area contributed by atoms with Gasteiger partial charge in [-0.1, -0.05) is 41.4 Å². The highest BCUT2D eigenvalue weighted by atomic mass is 79.9. The summed E-state index contributed by atoms with van der Waals surface area (Å²) in [4.78, 5) is 0. The number of rotatable bonds is 7. The summed E-state index contributed by atoms with van der Waals surface area (Å²) in [5.74, 6) is 1.75. The molecule has 0 aliphatic carbocycles. The van der Waals surface area contributed by atoms with Crippen molar-refractivity contribution in [1.29, 1.82) is 0 Å². The number of hydrogen-bond acceptors (Lipinski definition) is 2. The molecule has 2 aromatic rings. The fourth-order valence-corrected chi connectivity index (χ4v) is 2.16. The molecule has 0 fully saturated rings. The second-order valence-corrected chi connectivity index (χ2v) is 5.46. The Labute approximate surface area is 128 Å². The lowest BCUT2D eigenvalue weighted by Gasteiger charge is -2.09. The quantitative estimate of drug-likeness (QED) is 0.673. The predicted molar refractivity (Wildman–Crippen MR) is 85.6 cm³/mol. The van der Waals surface area contributed by atoms with E-state index in [4.69, 9.17) is 9.47 Å². The van der Waals surface area contributed by atoms with Crippen molar-refractivity contribution in [2.45, 2.75) is 19.8 Å². The molecule has 106 valence electrons. The first-order valence-corrected chi connectivity index (χ1v) is 7.67. The predicted octanol–water partition coefficient (Wildman–Crippen LogP) is 4.86. The second kappa shape index (κ2) is 7.95. The minimum Gasteiger partial charge on any atom is -0.490 e. The first-order chi connectivity index (χ1) is 9.78. The maximum atomic E-state index is 5.65. The lowest BCUT2D eigenvalue weighted by atomic mass is 10.1. The number of aryl methyl sites for hydroxylation is 1. The third kappa shape index (κ3) is 4.89. The van der Waals surface area contributed by atoms with Crippen molar-refractivity contribution in [3.8, 4) is 11.5 Å². The van der Waals surface area contributed by atoms with Crippen LogP contribution in [0.3, 0.4) is 0 Å². The van der Waals surface area contributed by atoms with Crippen LogP contribution in [0.1, 0.15) is 18.9 Å². The van der Waals surface area contributed by atoms with Crippen molar-refractivity contribution in [3.63, 3.8) is 0 Å². The molecule has 0 N–H and O–H groups in total. The van der Waals surface area contributed by atoms with Crippen LogP contribution in [0.15, 0.2) is 53.0 Å². The molecule has 20 heavy (non-hydrogen) atoms. The van der Waals surface area contributed by atoms with Crippen LogP contribution in [-0.2, 0) is 6.42 Å². The number of ether oxygens (including phenoxy) is 2. The highest BCUT2D eigenvalue weighted by Gasteiger charge is 1.97. The lowest BCUT2D eigenvalue weighted by Crippen LogP contribution is -2.08. The third-order valence-electron chi connectivity index (χ3n) is 2.90. The summed E-state index contributed by atoms with van der Waals surface area (Å²) in [6, 6.07) is 16.1. The van der Waals surface area contributed by atoms with Crippen LogP contribution in [0, 0.1) is 0 Å². The molecule has 0 bridgehead atoms. The lowest BCUT2D eigenvalue weighted by molar-refractivity contribution is 0.217. The van der Waals surface area contributed by atoms with Gasteiger partial charge in [-0.3, -0.25) is 0 Å². The molecule has 0 radical (unpaired) electrons. The van der Waals surface area contributed by atoms with E-state index >= 15 is 0 Å². The van der Waals surface area contributed by atoms with Crippen LogP contribution < -0.4 is 9.47 Å². The molecule has 0 aromatic heterocycles. The van der Waals surface area contributed by atoms with E-state index in [0.29, 0.717) is 13.2 Å². The van der Waals surface area contributed by atoms with Gasteiger partial charge in [-0.05, 0) is 48.4 Å². The Balaban J connectivity index is 1.71. The Morgan fingerprint density at radius 2 is 1.30 bits per heavy atom. The monoisotopic (exact) mass is 334 g/mol. The normalized spacial score (nSPS) is 10.3. The van der Waals surface area contributed by atoms with Crippen molar-refractivity contribution in [1.82, 2.24) is 0 Å². The topological polar surface area (TPSA) is 18.5 Å². The fraction of sp³-hybridized carbons (Fsp3) is 0.294. The highest BCUT2D eigenvalue weighted by Crippen LogP contribution is 2.16. The Morgan fingerprint density at radius 1 is 0.800 bits per heavy atom. The van der Waals surface area contributed by atoms with E-state index in [2.05, 4.69) is 35.0 Å². The molecule has 0 amide bonds. The Bertz CT molecular complexity index is 506. The molecular formula is C17H19BrO2. The zero-order chi connectivity index (χ0) is 14.2. The first kappa shape index (κ1) is 14.9. The Hall–Kier alpha value is -1.48. The molecule has 0 saturated heterocycles. The summed E-state index contributed by atoms with van der Waals surface area (Å²) in [5.41, 5.74) is 1.35. The van der Waals surface area contributed by atoms with Gasteiger partial charge in [0.05, 0.1) is 0 Å². The van der Waals surface area contributed by atoms with Crippen molar-refractivity contribution in [3.05, 3.63) is 58.6 Å². The van der Waals surface area contributed by atoms with Gasteiger partial charge in [0.15, 0.2) is 0 Å². The molecule has 0 aliphatic rings. The van der Waals surface area contributed by atoms with Gasteiger partial charge in [0, 0.05) is 4.47 Å². The van der Waals surface area contributed by atoms with Crippen molar-refractivity contribution in [2.75, 3.05) is 13.2 Å². The van der Waals surface area contributed by atoms with E-state index in [0.717, 1.165) is 22.4 Å². The van der Waals surface area contributed by atoms with Gasteiger partial charge in [-0.15, -0.1) is 0 Å². The summed E-state index contributed by atoms with van der Waals surface area (Å²) in [6.45, 7) is 3.27. The molecule has 2 nitrogen and oxygen atoms in total. The first-order valence-electron chi connectivity index (χ1n) is 6.88. The van der Waals surface area contributed by atoms with Gasteiger partial charge in [0.2, 0.25) is 0 Å². The summed E-state index contributed by atoms with van der Waals surface area (Å²) >= 11 is 3.39. The van der Waals surface area contributed by atoms with Crippen LogP contribution >= 0.6 is 15.9 Å². The molecular weight excluding hydrogens is 316 g/mol. The van der Waals surface area contributed by atoms with Gasteiger partial charge in [0.1, 0.15) is 24.7 Å². The van der Waals surface area contributed by atoms with Crippen molar-refractivity contribution in [2.24, 2.45) is 0 Å². The maximum Gasteiger partial charge on any atom is 0.122 e. The van der Waals surface area contributed by atoms with E-state index < -0.39 is 0 Å². The van der Waals surface area contributed by atoms with Gasteiger partial charge in [-0.2, -0.15) is 0 Å². The van der Waals surface area contributed by atoms with Gasteiger partial charge in [-0.25, -0.2) is 0 Å². The van der Waals surface area contributed by atoms with Gasteiger partial charge in [0.25, 0.3) is 0 Å². The van der Waals surface area contributed by atoms with Crippen LogP contribution in [0.2, 0.25) is 0 Å². The van der Waals surface area contributed by atoms with Crippen LogP contribution in [-0.4, -0.2) is 13.2 Å². The molecule has 2 rings (SSSR count). The summed E-state index contributed by atoms with van der Waals surface area (Å²) in [6.07, 6.45) is 2.29. The van der Waals surface area contributed by atoms with Gasteiger partial charge < -0.3 is 9.47 Å². The fourth-order valence-electron chi connectivity index (χ4n) is 1.89. The zero-order valence-corrected chi connectivity index (χ0v) is 13.2. The summed E-state index contributed by atoms with van der Waals surface area (Å²) in [7, 11) is 0. The number of benzene rings is 2.